The van der Waals surface area contributed by atoms with Gasteiger partial charge in [-0.1, -0.05) is 24.3 Å². The number of nitrogens with zero attached hydrogens (tertiary/aromatic N) is 1. The summed E-state index contributed by atoms with van der Waals surface area (Å²) in [4.78, 5) is 28.1. The van der Waals surface area contributed by atoms with Gasteiger partial charge in [-0.05, 0) is 42.0 Å². The van der Waals surface area contributed by atoms with Gasteiger partial charge in [0, 0.05) is 18.2 Å². The van der Waals surface area contributed by atoms with Crippen molar-refractivity contribution in [3.05, 3.63) is 106 Å². The molecule has 1 heterocycles. The first-order valence-electron chi connectivity index (χ1n) is 10.2. The van der Waals surface area contributed by atoms with E-state index >= 15 is 0 Å². The van der Waals surface area contributed by atoms with Crippen LogP contribution in [-0.2, 0) is 13.1 Å². The molecule has 0 aliphatic rings. The fourth-order valence-corrected chi connectivity index (χ4v) is 3.56. The van der Waals surface area contributed by atoms with E-state index in [1.54, 1.807) is 54.6 Å². The minimum Gasteiger partial charge on any atom is -0.497 e. The molecule has 33 heavy (non-hydrogen) atoms. The Balaban J connectivity index is 1.74. The van der Waals surface area contributed by atoms with Gasteiger partial charge < -0.3 is 18.8 Å². The Morgan fingerprint density at radius 2 is 1.61 bits per heavy atom. The van der Waals surface area contributed by atoms with E-state index in [1.807, 2.05) is 0 Å². The number of ether oxygens (including phenoxy) is 2. The molecule has 3 aromatic carbocycles. The van der Waals surface area contributed by atoms with Crippen LogP contribution in [0.2, 0.25) is 0 Å². The van der Waals surface area contributed by atoms with Gasteiger partial charge in [-0.25, -0.2) is 4.39 Å². The first-order valence-corrected chi connectivity index (χ1v) is 10.2. The Morgan fingerprint density at radius 1 is 0.939 bits per heavy atom. The number of benzene rings is 3. The fraction of sp³-hybridized carbons (Fsp3) is 0.154. The Labute approximate surface area is 189 Å². The SMILES string of the molecule is COc1cc(OC)cc(C(=O)N(Cc2ccc(F)cc2)Cc2coc3ccccc3c2=O)c1. The Hall–Kier alpha value is -4.13. The minimum absolute atomic E-state index is 0.00288. The third kappa shape index (κ3) is 4.87. The molecule has 0 radical (unpaired) electrons. The third-order valence-corrected chi connectivity index (χ3v) is 5.28. The van der Waals surface area contributed by atoms with Crippen molar-refractivity contribution in [1.82, 2.24) is 4.90 Å². The molecule has 168 valence electrons. The molecule has 1 aromatic heterocycles. The number of carbonyl (C=O) groups excluding carboxylic acids is 1. The summed E-state index contributed by atoms with van der Waals surface area (Å²) in [6.07, 6.45) is 1.38. The van der Waals surface area contributed by atoms with Crippen molar-refractivity contribution < 1.29 is 23.1 Å². The molecule has 0 atom stereocenters. The van der Waals surface area contributed by atoms with Gasteiger partial charge in [0.2, 0.25) is 0 Å². The third-order valence-electron chi connectivity index (χ3n) is 5.28. The van der Waals surface area contributed by atoms with Crippen LogP contribution in [-0.4, -0.2) is 25.0 Å². The van der Waals surface area contributed by atoms with Gasteiger partial charge >= 0.3 is 0 Å². The second-order valence-corrected chi connectivity index (χ2v) is 7.48. The summed E-state index contributed by atoms with van der Waals surface area (Å²) in [6.45, 7) is 0.161. The highest BCUT2D eigenvalue weighted by Crippen LogP contribution is 2.25. The van der Waals surface area contributed by atoms with E-state index in [-0.39, 0.29) is 30.2 Å². The van der Waals surface area contributed by atoms with E-state index in [2.05, 4.69) is 0 Å². The Morgan fingerprint density at radius 3 is 2.27 bits per heavy atom. The molecular formula is C26H22FNO5. The number of rotatable bonds is 7. The van der Waals surface area contributed by atoms with E-state index in [1.165, 1.54) is 37.5 Å². The standard InChI is InChI=1S/C26H22FNO5/c1-31-21-11-18(12-22(13-21)32-2)26(30)28(14-17-7-9-20(27)10-8-17)15-19-16-33-24-6-4-3-5-23(24)25(19)29/h3-13,16H,14-15H2,1-2H3. The second kappa shape index (κ2) is 9.56. The average Bonchev–Trinajstić information content (AvgIpc) is 2.85. The molecule has 0 aliphatic carbocycles. The van der Waals surface area contributed by atoms with Gasteiger partial charge in [0.15, 0.2) is 5.43 Å². The predicted molar refractivity (Wildman–Crippen MR) is 122 cm³/mol. The molecule has 6 nitrogen and oxygen atoms in total. The van der Waals surface area contributed by atoms with Crippen LogP contribution in [0.3, 0.4) is 0 Å². The highest BCUT2D eigenvalue weighted by molar-refractivity contribution is 5.95. The summed E-state index contributed by atoms with van der Waals surface area (Å²) in [7, 11) is 3.00. The zero-order valence-electron chi connectivity index (χ0n) is 18.2. The minimum atomic E-state index is -0.371. The van der Waals surface area contributed by atoms with Crippen LogP contribution in [0.4, 0.5) is 4.39 Å². The van der Waals surface area contributed by atoms with E-state index in [0.29, 0.717) is 39.2 Å². The average molecular weight is 447 g/mol. The number of carbonyl (C=O) groups is 1. The number of fused-ring (bicyclic) bond motifs is 1. The molecule has 4 aromatic rings. The molecule has 7 heteroatoms. The molecule has 0 bridgehead atoms. The van der Waals surface area contributed by atoms with Crippen LogP contribution in [0.25, 0.3) is 11.0 Å². The normalized spacial score (nSPS) is 10.8. The first-order chi connectivity index (χ1) is 16.0. The number of amides is 1. The summed E-state index contributed by atoms with van der Waals surface area (Å²) in [5, 5.41) is 0.437. The maximum absolute atomic E-state index is 13.5. The largest absolute Gasteiger partial charge is 0.497 e. The molecule has 0 unspecified atom stereocenters. The van der Waals surface area contributed by atoms with Crippen LogP contribution in [0.1, 0.15) is 21.5 Å². The van der Waals surface area contributed by atoms with Crippen LogP contribution < -0.4 is 14.9 Å². The lowest BCUT2D eigenvalue weighted by molar-refractivity contribution is 0.0728. The summed E-state index contributed by atoms with van der Waals surface area (Å²) in [5.74, 6) is 0.211. The van der Waals surface area contributed by atoms with Crippen molar-refractivity contribution in [1.29, 1.82) is 0 Å². The molecular weight excluding hydrogens is 425 g/mol. The van der Waals surface area contributed by atoms with E-state index in [4.69, 9.17) is 13.9 Å². The van der Waals surface area contributed by atoms with E-state index < -0.39 is 0 Å². The van der Waals surface area contributed by atoms with E-state index in [0.717, 1.165) is 0 Å². The van der Waals surface area contributed by atoms with Gasteiger partial charge in [-0.2, -0.15) is 0 Å². The highest BCUT2D eigenvalue weighted by atomic mass is 19.1. The van der Waals surface area contributed by atoms with Gasteiger partial charge in [0.1, 0.15) is 22.9 Å². The monoisotopic (exact) mass is 447 g/mol. The Bertz CT molecular complexity index is 1320. The molecule has 0 N–H and O–H groups in total. The maximum Gasteiger partial charge on any atom is 0.254 e. The first kappa shape index (κ1) is 22.1. The van der Waals surface area contributed by atoms with E-state index in [9.17, 15) is 14.0 Å². The van der Waals surface area contributed by atoms with Gasteiger partial charge in [-0.3, -0.25) is 9.59 Å². The quantitative estimate of drug-likeness (QED) is 0.407. The van der Waals surface area contributed by atoms with Crippen molar-refractivity contribution in [2.75, 3.05) is 14.2 Å². The predicted octanol–water partition coefficient (Wildman–Crippen LogP) is 4.79. The van der Waals surface area contributed by atoms with Gasteiger partial charge in [-0.15, -0.1) is 0 Å². The van der Waals surface area contributed by atoms with Gasteiger partial charge in [0.25, 0.3) is 5.91 Å². The summed E-state index contributed by atoms with van der Waals surface area (Å²) < 4.78 is 29.6. The molecule has 0 saturated heterocycles. The van der Waals surface area contributed by atoms with Crippen LogP contribution in [0.15, 0.2) is 82.2 Å². The van der Waals surface area contributed by atoms with Crippen molar-refractivity contribution in [3.8, 4) is 11.5 Å². The Kier molecular flexibility index (Phi) is 6.40. The fourth-order valence-electron chi connectivity index (χ4n) is 3.56. The smallest absolute Gasteiger partial charge is 0.254 e. The van der Waals surface area contributed by atoms with Crippen molar-refractivity contribution in [2.24, 2.45) is 0 Å². The number of hydrogen-bond acceptors (Lipinski definition) is 5. The van der Waals surface area contributed by atoms with Gasteiger partial charge in [0.05, 0.1) is 38.0 Å². The summed E-state index contributed by atoms with van der Waals surface area (Å²) >= 11 is 0. The number of hydrogen-bond donors (Lipinski definition) is 0. The molecule has 0 fully saturated rings. The van der Waals surface area contributed by atoms with Crippen LogP contribution >= 0.6 is 0 Å². The number of methoxy groups -OCH3 is 2. The maximum atomic E-state index is 13.5. The lowest BCUT2D eigenvalue weighted by Gasteiger charge is -2.23. The molecule has 0 saturated carbocycles. The lowest BCUT2D eigenvalue weighted by Crippen LogP contribution is -2.32. The summed E-state index contributed by atoms with van der Waals surface area (Å²) in [6, 6.07) is 17.7. The second-order valence-electron chi connectivity index (χ2n) is 7.48. The zero-order valence-corrected chi connectivity index (χ0v) is 18.2. The van der Waals surface area contributed by atoms with Crippen molar-refractivity contribution in [2.45, 2.75) is 13.1 Å². The molecule has 0 spiro atoms. The van der Waals surface area contributed by atoms with Crippen LogP contribution in [0.5, 0.6) is 11.5 Å². The van der Waals surface area contributed by atoms with Crippen molar-refractivity contribution >= 4 is 16.9 Å². The van der Waals surface area contributed by atoms with Crippen molar-refractivity contribution in [3.63, 3.8) is 0 Å². The highest BCUT2D eigenvalue weighted by Gasteiger charge is 2.21. The number of halogens is 1. The topological polar surface area (TPSA) is 69.0 Å². The zero-order chi connectivity index (χ0) is 23.4. The molecule has 4 rings (SSSR count). The summed E-state index contributed by atoms with van der Waals surface area (Å²) in [5.41, 5.74) is 1.64. The molecule has 1 amide bonds. The molecule has 0 aliphatic heterocycles. The number of para-hydroxylation sites is 1. The lowest BCUT2D eigenvalue weighted by atomic mass is 10.1. The van der Waals surface area contributed by atoms with Crippen LogP contribution in [0, 0.1) is 5.82 Å².